The molecule has 0 bridgehead atoms. The highest BCUT2D eigenvalue weighted by molar-refractivity contribution is 6.09. The fourth-order valence-corrected chi connectivity index (χ4v) is 9.43. The van der Waals surface area contributed by atoms with E-state index in [2.05, 4.69) is 20.6 Å². The molecule has 64 heavy (non-hydrogen) atoms. The number of carbonyl (C=O) groups excluding carboxylic acids is 5. The van der Waals surface area contributed by atoms with Crippen LogP contribution in [0.25, 0.3) is 11.1 Å². The lowest BCUT2D eigenvalue weighted by atomic mass is 9.92. The molecule has 4 aliphatic rings. The molecular formula is C47H59F2N9O6. The lowest BCUT2D eigenvalue weighted by molar-refractivity contribution is -0.125. The third-order valence-electron chi connectivity index (χ3n) is 13.0. The number of carbonyl (C=O) groups is 5. The molecule has 1 fully saturated rings. The number of rotatable bonds is 19. The number of hydrogen-bond acceptors (Lipinski definition) is 10. The second-order valence-corrected chi connectivity index (χ2v) is 17.2. The van der Waals surface area contributed by atoms with Crippen molar-refractivity contribution in [3.8, 4) is 11.1 Å². The molecule has 4 aliphatic heterocycles. The topological polar surface area (TPSA) is 173 Å². The molecule has 1 aromatic heterocycles. The first kappa shape index (κ1) is 46.2. The van der Waals surface area contributed by atoms with Crippen LogP contribution in [0.2, 0.25) is 0 Å². The predicted molar refractivity (Wildman–Crippen MR) is 237 cm³/mol. The zero-order chi connectivity index (χ0) is 45.3. The Hall–Kier alpha value is -5.81. The third-order valence-corrected chi connectivity index (χ3v) is 13.0. The summed E-state index contributed by atoms with van der Waals surface area (Å²) in [4.78, 5) is 68.1. The molecule has 7 rings (SSSR count). The molecule has 3 aromatic rings. The molecule has 2 aromatic carbocycles. The van der Waals surface area contributed by atoms with Crippen LogP contribution in [-0.2, 0) is 45.2 Å². The van der Waals surface area contributed by atoms with Gasteiger partial charge in [-0.1, -0.05) is 6.42 Å². The number of hydrogen-bond donors (Lipinski definition) is 3. The minimum Gasteiger partial charge on any atom is -0.385 e. The number of unbranched alkanes of at least 4 members (excludes halogenated alkanes) is 2. The van der Waals surface area contributed by atoms with Crippen molar-refractivity contribution in [1.29, 1.82) is 5.41 Å². The monoisotopic (exact) mass is 883 g/mol. The maximum absolute atomic E-state index is 14.9. The van der Waals surface area contributed by atoms with Gasteiger partial charge in [-0.25, -0.2) is 8.78 Å². The summed E-state index contributed by atoms with van der Waals surface area (Å²) in [5, 5.41) is 20.1. The highest BCUT2D eigenvalue weighted by Crippen LogP contribution is 2.40. The number of anilines is 1. The van der Waals surface area contributed by atoms with E-state index in [-0.39, 0.29) is 53.9 Å². The Bertz CT molecular complexity index is 2260. The van der Waals surface area contributed by atoms with E-state index in [1.807, 2.05) is 17.2 Å². The molecule has 1 saturated heterocycles. The number of alkyl halides is 2. The standard InChI is InChI=1S/C47H59F2N9O6/c1-51-46(62)42(9-7-17-59)54(2)47(63)38-22-33-26-55(25-32(33)20-34(38)29-60)13-4-3-5-14-57-27-35(24-52-57)37-21-31-8-6-15-58(43(31)23-39(37)44(48)49)45(50)40-28-56(30-61)16-10-41(40)53-36-11-18-64-19-12-36/h17,20-24,27,29-30,36,42,44,50,53H,3-16,18-19,25-26,28H2,1-2H3,(H,51,62). The molecule has 342 valence electrons. The van der Waals surface area contributed by atoms with Crippen molar-refractivity contribution in [1.82, 2.24) is 35.1 Å². The molecule has 3 amide bonds. The average molecular weight is 884 g/mol. The first-order valence-electron chi connectivity index (χ1n) is 22.4. The molecule has 3 N–H and O–H groups in total. The van der Waals surface area contributed by atoms with Crippen LogP contribution in [0.1, 0.15) is 107 Å². The normalized spacial score (nSPS) is 17.2. The van der Waals surface area contributed by atoms with Crippen LogP contribution in [0, 0.1) is 5.41 Å². The molecule has 1 unspecified atom stereocenters. The molecule has 0 radical (unpaired) electrons. The first-order chi connectivity index (χ1) is 31.0. The predicted octanol–water partition coefficient (Wildman–Crippen LogP) is 5.27. The van der Waals surface area contributed by atoms with Gasteiger partial charge in [0.1, 0.15) is 18.2 Å². The van der Waals surface area contributed by atoms with Crippen molar-refractivity contribution < 1.29 is 37.5 Å². The summed E-state index contributed by atoms with van der Waals surface area (Å²) in [7, 11) is 2.98. The van der Waals surface area contributed by atoms with E-state index >= 15 is 0 Å². The zero-order valence-electron chi connectivity index (χ0n) is 36.8. The summed E-state index contributed by atoms with van der Waals surface area (Å²) in [6.07, 6.45) is 9.54. The number of benzene rings is 2. The van der Waals surface area contributed by atoms with Gasteiger partial charge in [-0.05, 0) is 98.0 Å². The van der Waals surface area contributed by atoms with Crippen LogP contribution in [0.3, 0.4) is 0 Å². The van der Waals surface area contributed by atoms with Crippen molar-refractivity contribution in [3.63, 3.8) is 0 Å². The van der Waals surface area contributed by atoms with Gasteiger partial charge in [-0.2, -0.15) is 5.10 Å². The molecule has 15 nitrogen and oxygen atoms in total. The molecule has 5 heterocycles. The minimum atomic E-state index is -2.75. The molecule has 0 saturated carbocycles. The van der Waals surface area contributed by atoms with Crippen molar-refractivity contribution in [2.45, 2.75) is 102 Å². The molecule has 0 spiro atoms. The van der Waals surface area contributed by atoms with Crippen LogP contribution in [0.5, 0.6) is 0 Å². The van der Waals surface area contributed by atoms with Crippen LogP contribution in [-0.4, -0.2) is 127 Å². The van der Waals surface area contributed by atoms with Gasteiger partial charge >= 0.3 is 0 Å². The van der Waals surface area contributed by atoms with Crippen molar-refractivity contribution >= 4 is 42.3 Å². The van der Waals surface area contributed by atoms with E-state index in [9.17, 15) is 38.2 Å². The maximum atomic E-state index is 14.9. The van der Waals surface area contributed by atoms with Crippen LogP contribution < -0.4 is 15.5 Å². The summed E-state index contributed by atoms with van der Waals surface area (Å²) < 4.78 is 37.1. The second kappa shape index (κ2) is 21.2. The Kier molecular flexibility index (Phi) is 15.3. The molecule has 0 aliphatic carbocycles. The van der Waals surface area contributed by atoms with E-state index in [0.29, 0.717) is 88.2 Å². The van der Waals surface area contributed by atoms with Gasteiger partial charge in [0.2, 0.25) is 12.3 Å². The number of halogens is 2. The summed E-state index contributed by atoms with van der Waals surface area (Å²) in [6.45, 7) is 5.35. The number of ether oxygens (including phenoxy) is 1. The third kappa shape index (κ3) is 10.4. The lowest BCUT2D eigenvalue weighted by Gasteiger charge is -2.37. The molecule has 17 heteroatoms. The van der Waals surface area contributed by atoms with Gasteiger partial charge in [-0.3, -0.25) is 34.2 Å². The lowest BCUT2D eigenvalue weighted by Crippen LogP contribution is -2.47. The largest absolute Gasteiger partial charge is 0.385 e. The molecular weight excluding hydrogens is 825 g/mol. The van der Waals surface area contributed by atoms with Gasteiger partial charge in [0.15, 0.2) is 6.29 Å². The second-order valence-electron chi connectivity index (χ2n) is 17.2. The Balaban J connectivity index is 0.961. The van der Waals surface area contributed by atoms with Crippen LogP contribution in [0.4, 0.5) is 14.5 Å². The summed E-state index contributed by atoms with van der Waals surface area (Å²) >= 11 is 0. The Labute approximate surface area is 372 Å². The first-order valence-corrected chi connectivity index (χ1v) is 22.4. The van der Waals surface area contributed by atoms with E-state index in [1.54, 1.807) is 34.0 Å². The number of aldehydes is 2. The van der Waals surface area contributed by atoms with E-state index in [1.165, 1.54) is 19.0 Å². The number of nitrogens with zero attached hydrogens (tertiary/aromatic N) is 6. The Morgan fingerprint density at radius 1 is 0.984 bits per heavy atom. The summed E-state index contributed by atoms with van der Waals surface area (Å²) in [5.41, 5.74) is 6.51. The summed E-state index contributed by atoms with van der Waals surface area (Å²) in [6, 6.07) is 6.25. The fourth-order valence-electron chi connectivity index (χ4n) is 9.43. The van der Waals surface area contributed by atoms with E-state index < -0.39 is 18.4 Å². The Morgan fingerprint density at radius 3 is 2.47 bits per heavy atom. The smallest absolute Gasteiger partial charge is 0.264 e. The van der Waals surface area contributed by atoms with Crippen molar-refractivity contribution in [3.05, 3.63) is 81.3 Å². The highest BCUT2D eigenvalue weighted by atomic mass is 19.3. The zero-order valence-corrected chi connectivity index (χ0v) is 36.8. The van der Waals surface area contributed by atoms with Gasteiger partial charge < -0.3 is 34.9 Å². The molecule has 1 atom stereocenters. The number of nitrogens with one attached hydrogen (secondary N) is 3. The Morgan fingerprint density at radius 2 is 1.75 bits per heavy atom. The highest BCUT2D eigenvalue weighted by Gasteiger charge is 2.32. The van der Waals surface area contributed by atoms with Crippen LogP contribution in [0.15, 0.2) is 47.9 Å². The SMILES string of the molecule is CNC(=O)C(CCC=O)N(C)C(=O)c1cc2c(cc1C=O)CN(CCCCCn1cc(-c3cc4c(cc3C(F)F)N(C(=N)C3=C(NC5CCOCC5)CCN(C=O)C3)CCC4)cn1)C2. The number of fused-ring (bicyclic) bond motifs is 2. The van der Waals surface area contributed by atoms with Gasteiger partial charge in [-0.15, -0.1) is 0 Å². The summed E-state index contributed by atoms with van der Waals surface area (Å²) in [5.74, 6) is -0.612. The van der Waals surface area contributed by atoms with E-state index in [4.69, 9.17) is 4.74 Å². The fraction of sp³-hybridized carbons (Fsp3) is 0.511. The minimum absolute atomic E-state index is 0.108. The van der Waals surface area contributed by atoms with Gasteiger partial charge in [0.25, 0.3) is 12.3 Å². The van der Waals surface area contributed by atoms with Gasteiger partial charge in [0.05, 0.1) is 18.3 Å². The van der Waals surface area contributed by atoms with Crippen molar-refractivity contribution in [2.24, 2.45) is 0 Å². The number of aromatic nitrogens is 2. The van der Waals surface area contributed by atoms with E-state index in [0.717, 1.165) is 79.4 Å². The van der Waals surface area contributed by atoms with Crippen LogP contribution >= 0.6 is 0 Å². The number of aryl methyl sites for hydroxylation is 2. The number of likely N-dealkylation sites (N-methyl/N-ethyl adjacent to an activating group) is 2. The average Bonchev–Trinajstić information content (AvgIpc) is 3.96. The van der Waals surface area contributed by atoms with Gasteiger partial charge in [0, 0.05) is 119 Å². The maximum Gasteiger partial charge on any atom is 0.264 e. The van der Waals surface area contributed by atoms with Crippen molar-refractivity contribution in [2.75, 3.05) is 58.4 Å². The number of amides is 3. The quantitative estimate of drug-likeness (QED) is 0.0624. The number of amidine groups is 1.